The Kier molecular flexibility index (Phi) is 11.2. The Morgan fingerprint density at radius 3 is 2.23 bits per heavy atom. The minimum atomic E-state index is -4.12. The molecule has 0 aliphatic heterocycles. The van der Waals surface area contributed by atoms with Crippen molar-refractivity contribution in [2.24, 2.45) is 5.92 Å². The molecule has 1 atom stereocenters. The maximum atomic E-state index is 14.1. The average molecular weight is 649 g/mol. The van der Waals surface area contributed by atoms with Crippen molar-refractivity contribution < 1.29 is 18.0 Å². The molecule has 3 aromatic rings. The van der Waals surface area contributed by atoms with Crippen molar-refractivity contribution in [3.8, 4) is 0 Å². The van der Waals surface area contributed by atoms with Gasteiger partial charge in [-0.2, -0.15) is 0 Å². The van der Waals surface area contributed by atoms with E-state index in [1.54, 1.807) is 60.7 Å². The van der Waals surface area contributed by atoms with Crippen LogP contribution in [0.2, 0.25) is 5.02 Å². The number of carbonyl (C=O) groups excluding carboxylic acids is 2. The van der Waals surface area contributed by atoms with Gasteiger partial charge >= 0.3 is 0 Å². The molecule has 0 radical (unpaired) electrons. The largest absolute Gasteiger partial charge is 0.354 e. The molecule has 3 rings (SSSR count). The van der Waals surface area contributed by atoms with Gasteiger partial charge in [0.15, 0.2) is 0 Å². The van der Waals surface area contributed by atoms with E-state index in [1.165, 1.54) is 17.0 Å². The SMILES string of the molecule is CC[C@H](C(=O)NCC(C)C)N(Cc1ccc(Cl)cc1)C(=O)CN(c1cccc(Br)c1)S(=O)(=O)c1ccc(C)cc1. The van der Waals surface area contributed by atoms with Gasteiger partial charge in [0.05, 0.1) is 10.6 Å². The lowest BCUT2D eigenvalue weighted by molar-refractivity contribution is -0.140. The number of rotatable bonds is 12. The summed E-state index contributed by atoms with van der Waals surface area (Å²) >= 11 is 9.48. The van der Waals surface area contributed by atoms with Crippen LogP contribution in [0.3, 0.4) is 0 Å². The molecule has 0 aliphatic rings. The van der Waals surface area contributed by atoms with Gasteiger partial charge in [-0.25, -0.2) is 8.42 Å². The number of carbonyl (C=O) groups is 2. The van der Waals surface area contributed by atoms with Crippen LogP contribution >= 0.6 is 27.5 Å². The Morgan fingerprint density at radius 1 is 1.00 bits per heavy atom. The molecule has 0 saturated carbocycles. The van der Waals surface area contributed by atoms with Crippen LogP contribution in [-0.2, 0) is 26.2 Å². The number of aryl methyl sites for hydroxylation is 1. The maximum absolute atomic E-state index is 14.1. The molecule has 214 valence electrons. The Balaban J connectivity index is 2.04. The summed E-state index contributed by atoms with van der Waals surface area (Å²) < 4.78 is 29.6. The van der Waals surface area contributed by atoms with Gasteiger partial charge in [0.2, 0.25) is 11.8 Å². The standard InChI is InChI=1S/C30H35BrClN3O4S/c1-5-28(30(37)33-18-21(2)3)34(19-23-11-13-25(32)14-12-23)29(36)20-35(26-8-6-7-24(31)17-26)40(38,39)27-15-9-22(4)10-16-27/h6-17,21,28H,5,18-20H2,1-4H3,(H,33,37)/t28-/m1/s1. The summed E-state index contributed by atoms with van der Waals surface area (Å²) in [6.45, 7) is 7.76. The first-order chi connectivity index (χ1) is 18.9. The fourth-order valence-electron chi connectivity index (χ4n) is 4.13. The lowest BCUT2D eigenvalue weighted by Gasteiger charge is -2.33. The number of nitrogens with zero attached hydrogens (tertiary/aromatic N) is 2. The topological polar surface area (TPSA) is 86.8 Å². The quantitative estimate of drug-likeness (QED) is 0.254. The van der Waals surface area contributed by atoms with Crippen LogP contribution in [0.25, 0.3) is 0 Å². The van der Waals surface area contributed by atoms with E-state index in [2.05, 4.69) is 21.2 Å². The monoisotopic (exact) mass is 647 g/mol. The summed E-state index contributed by atoms with van der Waals surface area (Å²) in [5.74, 6) is -0.556. The van der Waals surface area contributed by atoms with Crippen LogP contribution in [0.4, 0.5) is 5.69 Å². The van der Waals surface area contributed by atoms with Gasteiger partial charge in [-0.1, -0.05) is 84.2 Å². The van der Waals surface area contributed by atoms with Gasteiger partial charge in [-0.3, -0.25) is 13.9 Å². The molecule has 2 amide bonds. The summed E-state index contributed by atoms with van der Waals surface area (Å²) in [6, 6.07) is 19.5. The van der Waals surface area contributed by atoms with Crippen molar-refractivity contribution in [2.45, 2.75) is 51.6 Å². The summed E-state index contributed by atoms with van der Waals surface area (Å²) in [4.78, 5) is 28.8. The normalized spacial score (nSPS) is 12.2. The molecule has 3 aromatic carbocycles. The highest BCUT2D eigenvalue weighted by atomic mass is 79.9. The number of hydrogen-bond acceptors (Lipinski definition) is 4. The van der Waals surface area contributed by atoms with Gasteiger partial charge in [-0.15, -0.1) is 0 Å². The van der Waals surface area contributed by atoms with Crippen molar-refractivity contribution in [1.82, 2.24) is 10.2 Å². The van der Waals surface area contributed by atoms with Crippen LogP contribution in [0.5, 0.6) is 0 Å². The van der Waals surface area contributed by atoms with Gasteiger partial charge < -0.3 is 10.2 Å². The molecule has 7 nitrogen and oxygen atoms in total. The van der Waals surface area contributed by atoms with Crippen molar-refractivity contribution in [2.75, 3.05) is 17.4 Å². The number of sulfonamides is 1. The minimum absolute atomic E-state index is 0.0665. The molecule has 0 bridgehead atoms. The Hall–Kier alpha value is -2.88. The van der Waals surface area contributed by atoms with E-state index in [-0.39, 0.29) is 23.3 Å². The van der Waals surface area contributed by atoms with Gasteiger partial charge in [0.1, 0.15) is 12.6 Å². The molecule has 0 aromatic heterocycles. The second-order valence-electron chi connectivity index (χ2n) is 10.0. The third-order valence-corrected chi connectivity index (χ3v) is 8.85. The van der Waals surface area contributed by atoms with E-state index < -0.39 is 28.5 Å². The highest BCUT2D eigenvalue weighted by Crippen LogP contribution is 2.27. The predicted molar refractivity (Wildman–Crippen MR) is 164 cm³/mol. The Labute approximate surface area is 250 Å². The molecule has 0 saturated heterocycles. The number of amides is 2. The van der Waals surface area contributed by atoms with Gasteiger partial charge in [-0.05, 0) is 67.3 Å². The molecular formula is C30H35BrClN3O4S. The number of nitrogens with one attached hydrogen (secondary N) is 1. The van der Waals surface area contributed by atoms with Crippen LogP contribution in [0.15, 0.2) is 82.2 Å². The second kappa shape index (κ2) is 14.1. The van der Waals surface area contributed by atoms with Gasteiger partial charge in [0.25, 0.3) is 10.0 Å². The third-order valence-electron chi connectivity index (χ3n) is 6.32. The molecule has 0 unspecified atom stereocenters. The van der Waals surface area contributed by atoms with E-state index in [0.29, 0.717) is 28.1 Å². The van der Waals surface area contributed by atoms with E-state index in [1.807, 2.05) is 27.7 Å². The number of hydrogen-bond donors (Lipinski definition) is 1. The summed E-state index contributed by atoms with van der Waals surface area (Å²) in [5, 5.41) is 3.47. The molecule has 10 heteroatoms. The molecule has 0 spiro atoms. The maximum Gasteiger partial charge on any atom is 0.264 e. The van der Waals surface area contributed by atoms with Gasteiger partial charge in [0, 0.05) is 22.6 Å². The lowest BCUT2D eigenvalue weighted by Crippen LogP contribution is -2.52. The van der Waals surface area contributed by atoms with E-state index >= 15 is 0 Å². The predicted octanol–water partition coefficient (Wildman–Crippen LogP) is 6.19. The molecule has 40 heavy (non-hydrogen) atoms. The zero-order valence-corrected chi connectivity index (χ0v) is 26.3. The molecule has 1 N–H and O–H groups in total. The smallest absolute Gasteiger partial charge is 0.264 e. The molecule has 0 fully saturated rings. The summed E-state index contributed by atoms with van der Waals surface area (Å²) in [5.41, 5.74) is 2.01. The summed E-state index contributed by atoms with van der Waals surface area (Å²) in [7, 11) is -4.12. The van der Waals surface area contributed by atoms with E-state index in [4.69, 9.17) is 11.6 Å². The highest BCUT2D eigenvalue weighted by molar-refractivity contribution is 9.10. The minimum Gasteiger partial charge on any atom is -0.354 e. The lowest BCUT2D eigenvalue weighted by atomic mass is 10.1. The van der Waals surface area contributed by atoms with Crippen LogP contribution in [0, 0.1) is 12.8 Å². The third kappa shape index (κ3) is 8.32. The average Bonchev–Trinajstić information content (AvgIpc) is 2.91. The molecular weight excluding hydrogens is 614 g/mol. The molecule has 0 heterocycles. The second-order valence-corrected chi connectivity index (χ2v) is 13.2. The summed E-state index contributed by atoms with van der Waals surface area (Å²) in [6.07, 6.45) is 0.352. The Morgan fingerprint density at radius 2 is 1.65 bits per heavy atom. The van der Waals surface area contributed by atoms with Crippen molar-refractivity contribution in [3.05, 3.63) is 93.4 Å². The fraction of sp³-hybridized carbons (Fsp3) is 0.333. The van der Waals surface area contributed by atoms with Crippen LogP contribution in [-0.4, -0.2) is 44.3 Å². The first-order valence-corrected chi connectivity index (χ1v) is 15.7. The van der Waals surface area contributed by atoms with Crippen molar-refractivity contribution in [3.63, 3.8) is 0 Å². The first kappa shape index (κ1) is 31.6. The first-order valence-electron chi connectivity index (χ1n) is 13.1. The number of anilines is 1. The van der Waals surface area contributed by atoms with Crippen molar-refractivity contribution in [1.29, 1.82) is 0 Å². The zero-order valence-electron chi connectivity index (χ0n) is 23.1. The van der Waals surface area contributed by atoms with Crippen LogP contribution < -0.4 is 9.62 Å². The zero-order chi connectivity index (χ0) is 29.4. The number of benzene rings is 3. The number of halogens is 2. The fourth-order valence-corrected chi connectivity index (χ4v) is 6.05. The van der Waals surface area contributed by atoms with E-state index in [0.717, 1.165) is 15.4 Å². The molecule has 0 aliphatic carbocycles. The van der Waals surface area contributed by atoms with E-state index in [9.17, 15) is 18.0 Å². The Bertz CT molecular complexity index is 1410. The highest BCUT2D eigenvalue weighted by Gasteiger charge is 2.33. The van der Waals surface area contributed by atoms with Crippen molar-refractivity contribution >= 4 is 55.1 Å². The van der Waals surface area contributed by atoms with Crippen LogP contribution in [0.1, 0.15) is 38.3 Å².